The van der Waals surface area contributed by atoms with Crippen LogP contribution >= 0.6 is 0 Å². The lowest BCUT2D eigenvalue weighted by atomic mass is 10.1. The van der Waals surface area contributed by atoms with Gasteiger partial charge in [0, 0.05) is 18.0 Å². The third kappa shape index (κ3) is 3.51. The zero-order valence-corrected chi connectivity index (χ0v) is 13.5. The highest BCUT2D eigenvalue weighted by Gasteiger charge is 2.24. The van der Waals surface area contributed by atoms with E-state index in [1.165, 1.54) is 6.92 Å². The second-order valence-electron chi connectivity index (χ2n) is 5.68. The van der Waals surface area contributed by atoms with Crippen molar-refractivity contribution in [2.24, 2.45) is 0 Å². The molecule has 0 radical (unpaired) electrons. The molecule has 3 aromatic rings. The van der Waals surface area contributed by atoms with E-state index in [4.69, 9.17) is 5.11 Å². The Balaban J connectivity index is 2.11. The highest BCUT2D eigenvalue weighted by atomic mass is 16.4. The predicted octanol–water partition coefficient (Wildman–Crippen LogP) is 2.16. The van der Waals surface area contributed by atoms with E-state index < -0.39 is 12.1 Å². The van der Waals surface area contributed by atoms with Gasteiger partial charge in [0.05, 0.1) is 12.1 Å². The van der Waals surface area contributed by atoms with Crippen LogP contribution in [-0.4, -0.2) is 31.9 Å². The van der Waals surface area contributed by atoms with Crippen molar-refractivity contribution in [3.8, 4) is 0 Å². The van der Waals surface area contributed by atoms with E-state index in [2.05, 4.69) is 10.4 Å². The molecule has 0 bridgehead atoms. The molecule has 1 atom stereocenters. The quantitative estimate of drug-likeness (QED) is 0.661. The van der Waals surface area contributed by atoms with E-state index >= 15 is 0 Å². The summed E-state index contributed by atoms with van der Waals surface area (Å²) in [7, 11) is 0. The van der Waals surface area contributed by atoms with Gasteiger partial charge >= 0.3 is 5.97 Å². The second-order valence-corrected chi connectivity index (χ2v) is 5.68. The maximum absolute atomic E-state index is 11.2. The van der Waals surface area contributed by atoms with Gasteiger partial charge in [0.2, 0.25) is 5.91 Å². The molecular formula is C18H17N3O4. The smallest absolute Gasteiger partial charge is 0.338 e. The Morgan fingerprint density at radius 3 is 2.56 bits per heavy atom. The SMILES string of the molecule is CC(=O)Nc1ccc2c(c1)c(C(O)C(=O)O)nn2Cc1ccccc1. The number of nitrogens with one attached hydrogen (secondary N) is 1. The van der Waals surface area contributed by atoms with Crippen LogP contribution < -0.4 is 5.32 Å². The van der Waals surface area contributed by atoms with Crippen LogP contribution in [0.3, 0.4) is 0 Å². The number of carboxylic acid groups (broad SMARTS) is 1. The van der Waals surface area contributed by atoms with Gasteiger partial charge in [-0.2, -0.15) is 5.10 Å². The molecule has 1 aromatic heterocycles. The number of benzene rings is 2. The lowest BCUT2D eigenvalue weighted by Crippen LogP contribution is -2.12. The van der Waals surface area contributed by atoms with E-state index in [9.17, 15) is 14.7 Å². The van der Waals surface area contributed by atoms with Crippen LogP contribution in [0, 0.1) is 0 Å². The molecule has 0 saturated heterocycles. The summed E-state index contributed by atoms with van der Waals surface area (Å²) < 4.78 is 1.64. The first-order chi connectivity index (χ1) is 12.0. The Hall–Kier alpha value is -3.19. The number of anilines is 1. The highest BCUT2D eigenvalue weighted by Crippen LogP contribution is 2.27. The molecule has 1 heterocycles. The van der Waals surface area contributed by atoms with Gasteiger partial charge < -0.3 is 15.5 Å². The number of hydrogen-bond acceptors (Lipinski definition) is 4. The van der Waals surface area contributed by atoms with Crippen molar-refractivity contribution in [2.45, 2.75) is 19.6 Å². The molecular weight excluding hydrogens is 322 g/mol. The summed E-state index contributed by atoms with van der Waals surface area (Å²) in [4.78, 5) is 22.5. The number of carbonyl (C=O) groups is 2. The molecule has 1 amide bonds. The van der Waals surface area contributed by atoms with Crippen molar-refractivity contribution >= 4 is 28.5 Å². The third-order valence-corrected chi connectivity index (χ3v) is 3.77. The minimum atomic E-state index is -1.74. The van der Waals surface area contributed by atoms with E-state index in [0.29, 0.717) is 23.1 Å². The molecule has 0 spiro atoms. The van der Waals surface area contributed by atoms with E-state index in [1.54, 1.807) is 22.9 Å². The number of aliphatic hydroxyl groups excluding tert-OH is 1. The van der Waals surface area contributed by atoms with Gasteiger partial charge in [-0.25, -0.2) is 4.79 Å². The number of aliphatic hydroxyl groups is 1. The van der Waals surface area contributed by atoms with Crippen LogP contribution in [0.15, 0.2) is 48.5 Å². The van der Waals surface area contributed by atoms with Crippen molar-refractivity contribution in [1.29, 1.82) is 0 Å². The molecule has 7 heteroatoms. The summed E-state index contributed by atoms with van der Waals surface area (Å²) >= 11 is 0. The van der Waals surface area contributed by atoms with E-state index in [0.717, 1.165) is 5.56 Å². The number of amides is 1. The van der Waals surface area contributed by atoms with E-state index in [-0.39, 0.29) is 11.6 Å². The number of nitrogens with zero attached hydrogens (tertiary/aromatic N) is 2. The molecule has 1 unspecified atom stereocenters. The zero-order valence-electron chi connectivity index (χ0n) is 13.5. The number of hydrogen-bond donors (Lipinski definition) is 3. The molecule has 128 valence electrons. The van der Waals surface area contributed by atoms with E-state index in [1.807, 2.05) is 30.3 Å². The fraction of sp³-hybridized carbons (Fsp3) is 0.167. The molecule has 3 rings (SSSR count). The third-order valence-electron chi connectivity index (χ3n) is 3.77. The summed E-state index contributed by atoms with van der Waals surface area (Å²) in [6.07, 6.45) is -1.74. The fourth-order valence-electron chi connectivity index (χ4n) is 2.68. The zero-order chi connectivity index (χ0) is 18.0. The van der Waals surface area contributed by atoms with Crippen molar-refractivity contribution in [3.05, 3.63) is 59.8 Å². The molecule has 0 fully saturated rings. The molecule has 2 aromatic carbocycles. The Morgan fingerprint density at radius 2 is 1.92 bits per heavy atom. The highest BCUT2D eigenvalue weighted by molar-refractivity contribution is 5.94. The maximum atomic E-state index is 11.2. The monoisotopic (exact) mass is 339 g/mol. The number of carboxylic acids is 1. The Kier molecular flexibility index (Phi) is 4.49. The number of carbonyl (C=O) groups excluding carboxylic acids is 1. The summed E-state index contributed by atoms with van der Waals surface area (Å²) in [5, 5.41) is 26.6. The van der Waals surface area contributed by atoms with Crippen LogP contribution in [0.4, 0.5) is 5.69 Å². The summed E-state index contributed by atoms with van der Waals surface area (Å²) in [5.41, 5.74) is 2.23. The standard InChI is InChI=1S/C18H17N3O4/c1-11(22)19-13-7-8-15-14(9-13)16(17(23)18(24)25)20-21(15)10-12-5-3-2-4-6-12/h2-9,17,23H,10H2,1H3,(H,19,22)(H,24,25). The first-order valence-corrected chi connectivity index (χ1v) is 7.68. The van der Waals surface area contributed by atoms with Gasteiger partial charge in [-0.3, -0.25) is 9.48 Å². The number of fused-ring (bicyclic) bond motifs is 1. The summed E-state index contributed by atoms with van der Waals surface area (Å²) in [6.45, 7) is 1.82. The number of aliphatic carboxylic acids is 1. The Morgan fingerprint density at radius 1 is 1.20 bits per heavy atom. The summed E-state index contributed by atoms with van der Waals surface area (Å²) in [5.74, 6) is -1.62. The van der Waals surface area contributed by atoms with Crippen LogP contribution in [-0.2, 0) is 16.1 Å². The predicted molar refractivity (Wildman–Crippen MR) is 92.2 cm³/mol. The molecule has 7 nitrogen and oxygen atoms in total. The molecule has 25 heavy (non-hydrogen) atoms. The van der Waals surface area contributed by atoms with Gasteiger partial charge in [0.25, 0.3) is 0 Å². The normalized spacial score (nSPS) is 12.1. The first-order valence-electron chi connectivity index (χ1n) is 7.68. The molecule has 0 aliphatic rings. The molecule has 0 aliphatic carbocycles. The molecule has 3 N–H and O–H groups in total. The van der Waals surface area contributed by atoms with Crippen molar-refractivity contribution < 1.29 is 19.8 Å². The largest absolute Gasteiger partial charge is 0.479 e. The van der Waals surface area contributed by atoms with Gasteiger partial charge in [-0.1, -0.05) is 30.3 Å². The van der Waals surface area contributed by atoms with Gasteiger partial charge in [0.1, 0.15) is 5.69 Å². The van der Waals surface area contributed by atoms with Crippen LogP contribution in [0.5, 0.6) is 0 Å². The van der Waals surface area contributed by atoms with Crippen LogP contribution in [0.1, 0.15) is 24.3 Å². The van der Waals surface area contributed by atoms with Crippen LogP contribution in [0.2, 0.25) is 0 Å². The molecule has 0 aliphatic heterocycles. The van der Waals surface area contributed by atoms with Crippen LogP contribution in [0.25, 0.3) is 10.9 Å². The van der Waals surface area contributed by atoms with Crippen molar-refractivity contribution in [1.82, 2.24) is 9.78 Å². The Labute approximate surface area is 143 Å². The summed E-state index contributed by atoms with van der Waals surface area (Å²) in [6, 6.07) is 14.7. The van der Waals surface area contributed by atoms with Gasteiger partial charge in [-0.15, -0.1) is 0 Å². The van der Waals surface area contributed by atoms with Crippen molar-refractivity contribution in [3.63, 3.8) is 0 Å². The topological polar surface area (TPSA) is 104 Å². The fourth-order valence-corrected chi connectivity index (χ4v) is 2.68. The number of aromatic nitrogens is 2. The minimum absolute atomic E-state index is 0.0469. The average molecular weight is 339 g/mol. The minimum Gasteiger partial charge on any atom is -0.479 e. The second kappa shape index (κ2) is 6.74. The lowest BCUT2D eigenvalue weighted by Gasteiger charge is -2.05. The van der Waals surface area contributed by atoms with Crippen molar-refractivity contribution in [2.75, 3.05) is 5.32 Å². The molecule has 0 saturated carbocycles. The first kappa shape index (κ1) is 16.7. The van der Waals surface area contributed by atoms with Gasteiger partial charge in [0.15, 0.2) is 6.10 Å². The Bertz CT molecular complexity index is 934. The number of rotatable bonds is 5. The van der Waals surface area contributed by atoms with Gasteiger partial charge in [-0.05, 0) is 23.8 Å². The maximum Gasteiger partial charge on any atom is 0.338 e. The lowest BCUT2D eigenvalue weighted by molar-refractivity contribution is -0.147. The average Bonchev–Trinajstić information content (AvgIpc) is 2.92.